The van der Waals surface area contributed by atoms with Crippen molar-refractivity contribution in [2.45, 2.75) is 0 Å². The highest BCUT2D eigenvalue weighted by molar-refractivity contribution is 6.12. The molecule has 0 aromatic heterocycles. The molecule has 0 radical (unpaired) electrons. The summed E-state index contributed by atoms with van der Waals surface area (Å²) in [7, 11) is 0. The Bertz CT molecular complexity index is 1020. The van der Waals surface area contributed by atoms with Gasteiger partial charge in [0.15, 0.2) is 0 Å². The molecule has 0 saturated heterocycles. The van der Waals surface area contributed by atoms with Crippen molar-refractivity contribution in [2.24, 2.45) is 0 Å². The number of hydrogen-bond donors (Lipinski definition) is 3. The molecule has 0 fully saturated rings. The number of ether oxygens (including phenoxy) is 1. The molecule has 3 aromatic rings. The van der Waals surface area contributed by atoms with Gasteiger partial charge >= 0.3 is 6.03 Å². The van der Waals surface area contributed by atoms with Crippen LogP contribution in [0.3, 0.4) is 0 Å². The number of nitrogens with one attached hydrogen (secondary N) is 3. The van der Waals surface area contributed by atoms with Crippen LogP contribution in [0.5, 0.6) is 11.5 Å². The molecular formula is C22H20N4O3. The number of carbonyl (C=O) groups excluding carboxylic acids is 2. The second-order valence-electron chi connectivity index (χ2n) is 6.43. The van der Waals surface area contributed by atoms with Crippen LogP contribution in [0, 0.1) is 0 Å². The number of anilines is 4. The summed E-state index contributed by atoms with van der Waals surface area (Å²) in [6.45, 7) is 1.60. The number of hydrogen-bond acceptors (Lipinski definition) is 5. The van der Waals surface area contributed by atoms with Gasteiger partial charge in [-0.25, -0.2) is 9.69 Å². The van der Waals surface area contributed by atoms with E-state index in [-0.39, 0.29) is 0 Å². The predicted molar refractivity (Wildman–Crippen MR) is 114 cm³/mol. The molecule has 7 nitrogen and oxygen atoms in total. The first-order chi connectivity index (χ1) is 14.2. The van der Waals surface area contributed by atoms with Crippen molar-refractivity contribution in [1.82, 2.24) is 0 Å². The van der Waals surface area contributed by atoms with Gasteiger partial charge in [0.2, 0.25) is 6.41 Å². The Balaban J connectivity index is 1.49. The number of urea groups is 1. The van der Waals surface area contributed by atoms with Gasteiger partial charge in [0.25, 0.3) is 0 Å². The van der Waals surface area contributed by atoms with Gasteiger partial charge in [-0.3, -0.25) is 4.79 Å². The first kappa shape index (κ1) is 18.4. The van der Waals surface area contributed by atoms with E-state index < -0.39 is 6.03 Å². The van der Waals surface area contributed by atoms with Gasteiger partial charge in [-0.2, -0.15) is 0 Å². The summed E-state index contributed by atoms with van der Waals surface area (Å²) < 4.78 is 5.78. The van der Waals surface area contributed by atoms with E-state index in [9.17, 15) is 9.59 Å². The van der Waals surface area contributed by atoms with E-state index >= 15 is 0 Å². The van der Waals surface area contributed by atoms with Gasteiger partial charge in [-0.05, 0) is 42.5 Å². The molecule has 3 amide bonds. The van der Waals surface area contributed by atoms with Crippen LogP contribution in [0.15, 0.2) is 72.8 Å². The van der Waals surface area contributed by atoms with Crippen LogP contribution < -0.4 is 25.6 Å². The third-order valence-corrected chi connectivity index (χ3v) is 4.43. The van der Waals surface area contributed by atoms with Crippen LogP contribution in [-0.2, 0) is 4.79 Å². The fraction of sp³-hybridized carbons (Fsp3) is 0.0909. The number of nitrogens with zero attached hydrogens (tertiary/aromatic N) is 1. The quantitative estimate of drug-likeness (QED) is 0.560. The van der Waals surface area contributed by atoms with E-state index in [1.165, 1.54) is 0 Å². The third-order valence-electron chi connectivity index (χ3n) is 4.43. The minimum absolute atomic E-state index is 0.476. The van der Waals surface area contributed by atoms with E-state index in [4.69, 9.17) is 4.74 Å². The number of fused-ring (bicyclic) bond motifs is 1. The SMILES string of the molecule is O=CN(C(=O)Nc1cccc(Oc2ccccc2)c1)c1ccc2c(c1)NCCN2. The monoisotopic (exact) mass is 388 g/mol. The highest BCUT2D eigenvalue weighted by Crippen LogP contribution is 2.30. The van der Waals surface area contributed by atoms with Crippen molar-refractivity contribution < 1.29 is 14.3 Å². The molecule has 3 aromatic carbocycles. The summed E-state index contributed by atoms with van der Waals surface area (Å²) in [5.41, 5.74) is 2.79. The summed E-state index contributed by atoms with van der Waals surface area (Å²) in [5.74, 6) is 1.27. The summed E-state index contributed by atoms with van der Waals surface area (Å²) in [6, 6.07) is 21.1. The Morgan fingerprint density at radius 3 is 2.45 bits per heavy atom. The van der Waals surface area contributed by atoms with Gasteiger partial charge in [0.05, 0.1) is 17.1 Å². The molecule has 4 rings (SSSR count). The van der Waals surface area contributed by atoms with Gasteiger partial charge in [-0.1, -0.05) is 24.3 Å². The second kappa shape index (κ2) is 8.35. The lowest BCUT2D eigenvalue weighted by Gasteiger charge is -2.23. The summed E-state index contributed by atoms with van der Waals surface area (Å²) in [6.07, 6.45) is 0.498. The second-order valence-corrected chi connectivity index (χ2v) is 6.43. The Hall–Kier alpha value is -4.00. The normalized spacial score (nSPS) is 12.0. The third kappa shape index (κ3) is 4.30. The molecule has 1 heterocycles. The molecule has 0 spiro atoms. The molecule has 0 unspecified atom stereocenters. The summed E-state index contributed by atoms with van der Waals surface area (Å²) in [4.78, 5) is 25.3. The van der Waals surface area contributed by atoms with Crippen molar-refractivity contribution >= 4 is 35.2 Å². The van der Waals surface area contributed by atoms with Crippen LogP contribution >= 0.6 is 0 Å². The number of amides is 3. The number of carbonyl (C=O) groups is 2. The van der Waals surface area contributed by atoms with Crippen LogP contribution in [0.25, 0.3) is 0 Å². The lowest BCUT2D eigenvalue weighted by molar-refractivity contribution is -0.106. The number of benzene rings is 3. The summed E-state index contributed by atoms with van der Waals surface area (Å²) in [5, 5.41) is 9.24. The van der Waals surface area contributed by atoms with Crippen molar-refractivity contribution in [3.63, 3.8) is 0 Å². The number of para-hydroxylation sites is 1. The van der Waals surface area contributed by atoms with Gasteiger partial charge < -0.3 is 20.7 Å². The van der Waals surface area contributed by atoms with Crippen LogP contribution in [0.4, 0.5) is 27.5 Å². The minimum atomic E-state index is -0.555. The predicted octanol–water partition coefficient (Wildman–Crippen LogP) is 4.51. The van der Waals surface area contributed by atoms with Gasteiger partial charge in [-0.15, -0.1) is 0 Å². The first-order valence-electron chi connectivity index (χ1n) is 9.23. The molecule has 29 heavy (non-hydrogen) atoms. The molecule has 0 atom stereocenters. The van der Waals surface area contributed by atoms with E-state index in [0.29, 0.717) is 29.3 Å². The maximum atomic E-state index is 12.7. The zero-order valence-electron chi connectivity index (χ0n) is 15.6. The lowest BCUT2D eigenvalue weighted by Crippen LogP contribution is -2.34. The molecule has 146 valence electrons. The van der Waals surface area contributed by atoms with Crippen molar-refractivity contribution in [2.75, 3.05) is 33.9 Å². The van der Waals surface area contributed by atoms with Crippen molar-refractivity contribution in [1.29, 1.82) is 0 Å². The van der Waals surface area contributed by atoms with E-state index in [1.807, 2.05) is 36.4 Å². The molecule has 7 heteroatoms. The maximum absolute atomic E-state index is 12.7. The maximum Gasteiger partial charge on any atom is 0.332 e. The van der Waals surface area contributed by atoms with E-state index in [1.54, 1.807) is 36.4 Å². The van der Waals surface area contributed by atoms with Crippen LogP contribution in [-0.4, -0.2) is 25.5 Å². The molecule has 3 N–H and O–H groups in total. The smallest absolute Gasteiger partial charge is 0.332 e. The summed E-state index contributed by atoms with van der Waals surface area (Å²) >= 11 is 0. The standard InChI is InChI=1S/C22H20N4O3/c27-15-26(17-9-10-20-21(14-17)24-12-11-23-20)22(28)25-16-5-4-8-19(13-16)29-18-6-2-1-3-7-18/h1-10,13-15,23-24H,11-12H2,(H,25,28). The average molecular weight is 388 g/mol. The van der Waals surface area contributed by atoms with E-state index in [0.717, 1.165) is 29.4 Å². The Kier molecular flexibility index (Phi) is 5.29. The largest absolute Gasteiger partial charge is 0.457 e. The minimum Gasteiger partial charge on any atom is -0.457 e. The zero-order chi connectivity index (χ0) is 20.1. The van der Waals surface area contributed by atoms with Gasteiger partial charge in [0.1, 0.15) is 11.5 Å². The lowest BCUT2D eigenvalue weighted by atomic mass is 10.2. The molecule has 0 aliphatic carbocycles. The van der Waals surface area contributed by atoms with E-state index in [2.05, 4.69) is 16.0 Å². The van der Waals surface area contributed by atoms with Crippen molar-refractivity contribution in [3.05, 3.63) is 72.8 Å². The molecular weight excluding hydrogens is 368 g/mol. The highest BCUT2D eigenvalue weighted by Gasteiger charge is 2.18. The average Bonchev–Trinajstić information content (AvgIpc) is 2.75. The first-order valence-corrected chi connectivity index (χ1v) is 9.23. The van der Waals surface area contributed by atoms with Crippen LogP contribution in [0.2, 0.25) is 0 Å². The zero-order valence-corrected chi connectivity index (χ0v) is 15.6. The Morgan fingerprint density at radius 1 is 0.897 bits per heavy atom. The molecule has 0 bridgehead atoms. The van der Waals surface area contributed by atoms with Crippen molar-refractivity contribution in [3.8, 4) is 11.5 Å². The topological polar surface area (TPSA) is 82.7 Å². The Labute approximate surface area is 168 Å². The Morgan fingerprint density at radius 2 is 1.66 bits per heavy atom. The number of rotatable bonds is 5. The molecule has 1 aliphatic rings. The molecule has 1 aliphatic heterocycles. The molecule has 0 saturated carbocycles. The number of imide groups is 1. The fourth-order valence-corrected chi connectivity index (χ4v) is 3.05. The van der Waals surface area contributed by atoms with Gasteiger partial charge in [0, 0.05) is 24.8 Å². The fourth-order valence-electron chi connectivity index (χ4n) is 3.05. The van der Waals surface area contributed by atoms with Crippen LogP contribution in [0.1, 0.15) is 0 Å². The highest BCUT2D eigenvalue weighted by atomic mass is 16.5.